The van der Waals surface area contributed by atoms with Crippen LogP contribution in [0.4, 0.5) is 0 Å². The number of aromatic hydroxyl groups is 1. The average molecular weight is 293 g/mol. The topological polar surface area (TPSA) is 70.3 Å². The summed E-state index contributed by atoms with van der Waals surface area (Å²) in [4.78, 5) is 12.1. The molecule has 0 radical (unpaired) electrons. The van der Waals surface area contributed by atoms with Crippen LogP contribution >= 0.6 is 0 Å². The van der Waals surface area contributed by atoms with E-state index in [2.05, 4.69) is 0 Å². The third-order valence-electron chi connectivity index (χ3n) is 3.06. The van der Waals surface area contributed by atoms with Crippen LogP contribution in [0.5, 0.6) is 5.75 Å². The Balaban J connectivity index is 2.67. The van der Waals surface area contributed by atoms with Gasteiger partial charge in [-0.1, -0.05) is 42.5 Å². The molecular formula is C18H15NO3. The number of ether oxygens (including phenoxy) is 1. The number of phenolic OH excluding ortho intramolecular Hbond substituents is 1. The molecule has 0 fully saturated rings. The highest BCUT2D eigenvalue weighted by Crippen LogP contribution is 2.28. The van der Waals surface area contributed by atoms with E-state index in [1.54, 1.807) is 19.1 Å². The van der Waals surface area contributed by atoms with Crippen molar-refractivity contribution in [1.82, 2.24) is 0 Å². The van der Waals surface area contributed by atoms with Crippen LogP contribution in [0.25, 0.3) is 5.57 Å². The summed E-state index contributed by atoms with van der Waals surface area (Å²) in [5.74, 6) is -0.539. The molecule has 22 heavy (non-hydrogen) atoms. The quantitative estimate of drug-likeness (QED) is 0.533. The monoisotopic (exact) mass is 293 g/mol. The van der Waals surface area contributed by atoms with Crippen LogP contribution in [0.1, 0.15) is 18.1 Å². The summed E-state index contributed by atoms with van der Waals surface area (Å²) in [6, 6.07) is 17.4. The number of nitrogens with zero attached hydrogens (tertiary/aromatic N) is 1. The van der Waals surface area contributed by atoms with Gasteiger partial charge in [-0.25, -0.2) is 4.79 Å². The first-order valence-electron chi connectivity index (χ1n) is 6.83. The zero-order valence-corrected chi connectivity index (χ0v) is 12.1. The molecule has 2 aromatic carbocycles. The SMILES string of the molecule is CCOC(=O)/C(C#N)=C(/c1ccccc1)c1ccc(O)cc1. The van der Waals surface area contributed by atoms with Gasteiger partial charge in [0.15, 0.2) is 0 Å². The van der Waals surface area contributed by atoms with Gasteiger partial charge in [-0.15, -0.1) is 0 Å². The van der Waals surface area contributed by atoms with Crippen LogP contribution < -0.4 is 0 Å². The van der Waals surface area contributed by atoms with Gasteiger partial charge in [-0.3, -0.25) is 0 Å². The summed E-state index contributed by atoms with van der Waals surface area (Å²) in [6.45, 7) is 1.89. The Bertz CT molecular complexity index is 725. The predicted molar refractivity (Wildman–Crippen MR) is 82.8 cm³/mol. The maximum atomic E-state index is 12.1. The van der Waals surface area contributed by atoms with Gasteiger partial charge in [0.1, 0.15) is 17.4 Å². The highest BCUT2D eigenvalue weighted by atomic mass is 16.5. The Kier molecular flexibility index (Phi) is 4.94. The maximum Gasteiger partial charge on any atom is 0.349 e. The summed E-state index contributed by atoms with van der Waals surface area (Å²) in [5, 5.41) is 18.8. The Morgan fingerprint density at radius 1 is 1.09 bits per heavy atom. The van der Waals surface area contributed by atoms with E-state index < -0.39 is 5.97 Å². The zero-order valence-electron chi connectivity index (χ0n) is 12.1. The van der Waals surface area contributed by atoms with E-state index in [-0.39, 0.29) is 17.9 Å². The van der Waals surface area contributed by atoms with Crippen LogP contribution in [0, 0.1) is 11.3 Å². The third kappa shape index (κ3) is 3.33. The lowest BCUT2D eigenvalue weighted by Crippen LogP contribution is -2.09. The van der Waals surface area contributed by atoms with Crippen molar-refractivity contribution in [2.75, 3.05) is 6.61 Å². The largest absolute Gasteiger partial charge is 0.508 e. The molecule has 0 unspecified atom stereocenters. The number of hydrogen-bond acceptors (Lipinski definition) is 4. The summed E-state index contributed by atoms with van der Waals surface area (Å²) in [6.07, 6.45) is 0. The van der Waals surface area contributed by atoms with Crippen LogP contribution in [0.2, 0.25) is 0 Å². The predicted octanol–water partition coefficient (Wildman–Crippen LogP) is 3.28. The first kappa shape index (κ1) is 15.3. The van der Waals surface area contributed by atoms with E-state index in [0.717, 1.165) is 5.56 Å². The Morgan fingerprint density at radius 2 is 1.68 bits per heavy atom. The highest BCUT2D eigenvalue weighted by molar-refractivity contribution is 6.05. The smallest absolute Gasteiger partial charge is 0.349 e. The summed E-state index contributed by atoms with van der Waals surface area (Å²) in [5.41, 5.74) is 1.83. The molecule has 1 N–H and O–H groups in total. The van der Waals surface area contributed by atoms with Crippen molar-refractivity contribution in [3.8, 4) is 11.8 Å². The molecule has 0 aliphatic rings. The van der Waals surface area contributed by atoms with E-state index in [4.69, 9.17) is 4.74 Å². The van der Waals surface area contributed by atoms with E-state index in [9.17, 15) is 15.2 Å². The molecule has 0 amide bonds. The number of benzene rings is 2. The molecular weight excluding hydrogens is 278 g/mol. The van der Waals surface area contributed by atoms with Gasteiger partial charge in [-0.05, 0) is 30.2 Å². The fourth-order valence-electron chi connectivity index (χ4n) is 2.10. The van der Waals surface area contributed by atoms with Gasteiger partial charge in [0.05, 0.1) is 6.61 Å². The number of esters is 1. The zero-order chi connectivity index (χ0) is 15.9. The lowest BCUT2D eigenvalue weighted by molar-refractivity contribution is -0.137. The summed E-state index contributed by atoms with van der Waals surface area (Å²) < 4.78 is 4.97. The summed E-state index contributed by atoms with van der Waals surface area (Å²) in [7, 11) is 0. The van der Waals surface area contributed by atoms with Gasteiger partial charge in [0.2, 0.25) is 0 Å². The Labute approximate surface area is 128 Å². The molecule has 0 saturated heterocycles. The molecule has 4 heteroatoms. The summed E-state index contributed by atoms with van der Waals surface area (Å²) >= 11 is 0. The lowest BCUT2D eigenvalue weighted by atomic mass is 9.93. The molecule has 2 rings (SSSR count). The van der Waals surface area contributed by atoms with Crippen LogP contribution in [-0.4, -0.2) is 17.7 Å². The first-order valence-corrected chi connectivity index (χ1v) is 6.83. The minimum Gasteiger partial charge on any atom is -0.508 e. The molecule has 110 valence electrons. The number of phenols is 1. The third-order valence-corrected chi connectivity index (χ3v) is 3.06. The van der Waals surface area contributed by atoms with Gasteiger partial charge in [-0.2, -0.15) is 5.26 Å². The van der Waals surface area contributed by atoms with Gasteiger partial charge in [0.25, 0.3) is 0 Å². The number of rotatable bonds is 4. The Hall–Kier alpha value is -3.06. The van der Waals surface area contributed by atoms with Crippen molar-refractivity contribution in [2.24, 2.45) is 0 Å². The van der Waals surface area contributed by atoms with Crippen LogP contribution in [0.3, 0.4) is 0 Å². The minimum atomic E-state index is -0.656. The molecule has 0 aliphatic heterocycles. The van der Waals surface area contributed by atoms with Crippen molar-refractivity contribution in [2.45, 2.75) is 6.92 Å². The van der Waals surface area contributed by atoms with Crippen LogP contribution in [0.15, 0.2) is 60.2 Å². The molecule has 0 aromatic heterocycles. The molecule has 0 spiro atoms. The van der Waals surface area contributed by atoms with Crippen molar-refractivity contribution < 1.29 is 14.6 Å². The second kappa shape index (κ2) is 7.09. The van der Waals surface area contributed by atoms with E-state index >= 15 is 0 Å². The van der Waals surface area contributed by atoms with Gasteiger partial charge >= 0.3 is 5.97 Å². The number of nitriles is 1. The second-order valence-corrected chi connectivity index (χ2v) is 4.50. The number of carbonyl (C=O) groups is 1. The van der Waals surface area contributed by atoms with E-state index in [1.807, 2.05) is 36.4 Å². The molecule has 4 nitrogen and oxygen atoms in total. The minimum absolute atomic E-state index is 0.0567. The highest BCUT2D eigenvalue weighted by Gasteiger charge is 2.19. The molecule has 0 heterocycles. The maximum absolute atomic E-state index is 12.1. The second-order valence-electron chi connectivity index (χ2n) is 4.50. The first-order chi connectivity index (χ1) is 10.7. The standard InChI is InChI=1S/C18H15NO3/c1-2-22-18(21)16(12-19)17(13-6-4-3-5-7-13)14-8-10-15(20)11-9-14/h3-11,20H,2H2,1H3/b17-16-. The number of hydrogen-bond donors (Lipinski definition) is 1. The molecule has 0 bridgehead atoms. The van der Waals surface area contributed by atoms with Crippen molar-refractivity contribution in [3.05, 3.63) is 71.3 Å². The lowest BCUT2D eigenvalue weighted by Gasteiger charge is -2.11. The van der Waals surface area contributed by atoms with E-state index in [0.29, 0.717) is 11.1 Å². The molecule has 0 atom stereocenters. The molecule has 0 saturated carbocycles. The molecule has 0 aliphatic carbocycles. The fraction of sp³-hybridized carbons (Fsp3) is 0.111. The van der Waals surface area contributed by atoms with Crippen molar-refractivity contribution >= 4 is 11.5 Å². The van der Waals surface area contributed by atoms with Gasteiger partial charge < -0.3 is 9.84 Å². The Morgan fingerprint density at radius 3 is 2.23 bits per heavy atom. The molecule has 2 aromatic rings. The van der Waals surface area contributed by atoms with Crippen molar-refractivity contribution in [1.29, 1.82) is 5.26 Å². The van der Waals surface area contributed by atoms with Crippen LogP contribution in [-0.2, 0) is 9.53 Å². The fourth-order valence-corrected chi connectivity index (χ4v) is 2.10. The normalized spacial score (nSPS) is 11.3. The average Bonchev–Trinajstić information content (AvgIpc) is 2.54. The van der Waals surface area contributed by atoms with Crippen molar-refractivity contribution in [3.63, 3.8) is 0 Å². The van der Waals surface area contributed by atoms with E-state index in [1.165, 1.54) is 12.1 Å². The van der Waals surface area contributed by atoms with Gasteiger partial charge in [0, 0.05) is 5.57 Å². The number of carbonyl (C=O) groups excluding carboxylic acids is 1.